The molecule has 0 unspecified atom stereocenters. The number of aromatic hydroxyl groups is 2. The summed E-state index contributed by atoms with van der Waals surface area (Å²) in [4.78, 5) is 51.9. The molecule has 0 aliphatic rings. The first-order valence-electron chi connectivity index (χ1n) is 10.6. The number of halogens is 8. The van der Waals surface area contributed by atoms with Crippen molar-refractivity contribution in [1.29, 1.82) is 0 Å². The Balaban J connectivity index is -0.000000101. The smallest absolute Gasteiger partial charge is 0.316 e. The lowest BCUT2D eigenvalue weighted by molar-refractivity contribution is -0.151. The van der Waals surface area contributed by atoms with Crippen LogP contribution in [0.5, 0.6) is 11.8 Å². The zero-order valence-corrected chi connectivity index (χ0v) is 42.7. The van der Waals surface area contributed by atoms with Crippen LogP contribution in [0.25, 0.3) is 0 Å². The molecule has 0 bridgehead atoms. The highest BCUT2D eigenvalue weighted by Crippen LogP contribution is 2.16. The standard InChI is InChI=1S/C5H6N2O2.C5H8O4.C4H4N2O2S.C3H6.2CHI3.CH2I2.CH4N2S/c1-3-6-4(8)2-5(9)7-3;1-8-4(6)3-5(7)9-2;7-2-1-3(8)6-4(9)5-2;1-3-2;2*2-1(3)4;2-1-3;2-1(3)4/h2H,1H3,(H2,6,7,8,9);3H2,1-2H3;1H,(H3,5,6,7,8,9);3H,1H2,2H3;2*1H;1H2;(H4,2,3,4). The number of thiocarbonyl (C=S) groups is 1. The van der Waals surface area contributed by atoms with E-state index in [0.29, 0.717) is 5.82 Å². The first kappa shape index (κ1) is 59.0. The average Bonchev–Trinajstić information content (AvgIpc) is 2.83. The number of carbonyl (C=O) groups is 2. The Morgan fingerprint density at radius 2 is 1.27 bits per heavy atom. The summed E-state index contributed by atoms with van der Waals surface area (Å²) in [5.74, 6) is -1.20. The van der Waals surface area contributed by atoms with Crippen molar-refractivity contribution in [2.45, 2.75) is 20.1 Å². The fourth-order valence-corrected chi connectivity index (χ4v) is 1.49. The van der Waals surface area contributed by atoms with Gasteiger partial charge in [-0.1, -0.05) is 187 Å². The van der Waals surface area contributed by atoms with E-state index < -0.39 is 17.5 Å². The molecular formula is C21H32I8N6O8S2. The minimum atomic E-state index is -0.582. The van der Waals surface area contributed by atoms with Crippen molar-refractivity contribution in [2.75, 3.05) is 16.7 Å². The Labute approximate surface area is 380 Å². The van der Waals surface area contributed by atoms with Crippen molar-refractivity contribution in [3.63, 3.8) is 0 Å². The molecule has 0 aromatic carbocycles. The van der Waals surface area contributed by atoms with Crippen molar-refractivity contribution in [1.82, 2.24) is 19.9 Å². The summed E-state index contributed by atoms with van der Waals surface area (Å²) < 4.78 is 11.2. The van der Waals surface area contributed by atoms with Gasteiger partial charge in [-0.05, 0) is 38.3 Å². The highest BCUT2D eigenvalue weighted by Gasteiger charge is 2.07. The highest BCUT2D eigenvalue weighted by molar-refractivity contribution is 14.3. The molecule has 14 nitrogen and oxygen atoms in total. The summed E-state index contributed by atoms with van der Waals surface area (Å²) in [7, 11) is 2.43. The quantitative estimate of drug-likeness (QED) is 0.0401. The molecule has 9 N–H and O–H groups in total. The Hall–Kier alpha value is 1.79. The third-order valence-corrected chi connectivity index (χ3v) is 2.54. The van der Waals surface area contributed by atoms with Crippen LogP contribution in [-0.2, 0) is 19.1 Å². The molecule has 45 heavy (non-hydrogen) atoms. The number of esters is 2. The molecule has 0 saturated heterocycles. The molecule has 0 fully saturated rings. The van der Waals surface area contributed by atoms with Crippen LogP contribution in [0.1, 0.15) is 19.2 Å². The van der Waals surface area contributed by atoms with Crippen molar-refractivity contribution in [2.24, 2.45) is 11.5 Å². The molecule has 2 heterocycles. The van der Waals surface area contributed by atoms with Gasteiger partial charge in [0.15, 0.2) is 15.8 Å². The number of hydrogen-bond donors (Lipinski definition) is 7. The number of allylic oxidation sites excluding steroid dienone is 1. The predicted octanol–water partition coefficient (Wildman–Crippen LogP) is 6.99. The Morgan fingerprint density at radius 3 is 1.49 bits per heavy atom. The number of nitrogens with one attached hydrogen (secondary N) is 3. The fraction of sp³-hybridized carbons (Fsp3) is 0.381. The van der Waals surface area contributed by atoms with E-state index in [4.69, 9.17) is 10.2 Å². The van der Waals surface area contributed by atoms with E-state index >= 15 is 0 Å². The van der Waals surface area contributed by atoms with E-state index in [9.17, 15) is 19.2 Å². The number of hydrogen-bond acceptors (Lipinski definition) is 11. The van der Waals surface area contributed by atoms with Crippen molar-refractivity contribution < 1.29 is 29.3 Å². The number of nitrogens with two attached hydrogens (primary N) is 2. The van der Waals surface area contributed by atoms with Gasteiger partial charge in [-0.25, -0.2) is 4.98 Å². The van der Waals surface area contributed by atoms with Gasteiger partial charge in [-0.2, -0.15) is 0 Å². The van der Waals surface area contributed by atoms with Crippen molar-refractivity contribution in [3.05, 3.63) is 56.1 Å². The van der Waals surface area contributed by atoms with E-state index in [2.05, 4.69) is 253 Å². The molecule has 2 aromatic rings. The number of H-pyrrole nitrogens is 3. The van der Waals surface area contributed by atoms with Crippen LogP contribution >= 0.6 is 205 Å². The summed E-state index contributed by atoms with van der Waals surface area (Å²) in [6, 6.07) is 2.03. The van der Waals surface area contributed by atoms with Crippen LogP contribution in [0.4, 0.5) is 0 Å². The van der Waals surface area contributed by atoms with Gasteiger partial charge >= 0.3 is 11.9 Å². The third kappa shape index (κ3) is 76.9. The Morgan fingerprint density at radius 1 is 0.956 bits per heavy atom. The number of alkyl halides is 8. The molecule has 0 aliphatic carbocycles. The number of rotatable bonds is 2. The van der Waals surface area contributed by atoms with Gasteiger partial charge in [0.05, 0.1) is 28.8 Å². The molecule has 262 valence electrons. The lowest BCUT2D eigenvalue weighted by Gasteiger charge is -1.95. The lowest BCUT2D eigenvalue weighted by Crippen LogP contribution is -2.18. The maximum Gasteiger partial charge on any atom is 0.316 e. The second-order valence-electron chi connectivity index (χ2n) is 5.90. The van der Waals surface area contributed by atoms with E-state index in [1.54, 1.807) is 13.0 Å². The Bertz CT molecular complexity index is 1140. The molecule has 0 radical (unpaired) electrons. The highest BCUT2D eigenvalue weighted by atomic mass is 127. The molecule has 0 saturated carbocycles. The zero-order valence-electron chi connectivity index (χ0n) is 23.8. The summed E-state index contributed by atoms with van der Waals surface area (Å²) in [5.41, 5.74) is 8.50. The number of aryl methyl sites for hydroxylation is 1. The van der Waals surface area contributed by atoms with Crippen molar-refractivity contribution in [3.8, 4) is 11.8 Å². The number of aromatic nitrogens is 4. The minimum absolute atomic E-state index is 0.000000000000000222. The molecule has 24 heteroatoms. The monoisotopic (exact) mass is 1580 g/mol. The van der Waals surface area contributed by atoms with Crippen LogP contribution in [0.2, 0.25) is 0 Å². The first-order chi connectivity index (χ1) is 20.6. The summed E-state index contributed by atoms with van der Waals surface area (Å²) in [6.45, 7) is 6.85. The van der Waals surface area contributed by atoms with Gasteiger partial charge in [0.2, 0.25) is 5.88 Å². The van der Waals surface area contributed by atoms with Crippen LogP contribution in [0, 0.1) is 11.7 Å². The van der Waals surface area contributed by atoms with Gasteiger partial charge in [0.1, 0.15) is 12.1 Å². The summed E-state index contributed by atoms with van der Waals surface area (Å²) >= 11 is 27.1. The van der Waals surface area contributed by atoms with Gasteiger partial charge in [-0.3, -0.25) is 24.2 Å². The number of methoxy groups -OCH3 is 2. The number of aromatic amines is 3. The third-order valence-electron chi connectivity index (χ3n) is 2.34. The fourth-order valence-electron chi connectivity index (χ4n) is 1.28. The van der Waals surface area contributed by atoms with Crippen LogP contribution in [0.3, 0.4) is 0 Å². The SMILES string of the molecule is C=CC.COC(=O)CC(=O)OC.Cc1nc(O)cc(=O)[nH]1.IC(I)I.IC(I)I.ICI.NC(N)=S.O=c1cc(O)[nH]c(=S)[nH]1. The molecule has 0 amide bonds. The maximum absolute atomic E-state index is 10.5. The zero-order chi connectivity index (χ0) is 37.1. The molecule has 2 aromatic heterocycles. The normalized spacial score (nSPS) is 8.22. The van der Waals surface area contributed by atoms with E-state index in [-0.39, 0.29) is 33.6 Å². The molecule has 2 rings (SSSR count). The van der Waals surface area contributed by atoms with Gasteiger partial charge in [0, 0.05) is 0 Å². The van der Waals surface area contributed by atoms with Crippen LogP contribution in [-0.4, -0.2) is 63.7 Å². The van der Waals surface area contributed by atoms with E-state index in [1.807, 2.05) is 6.92 Å². The second-order valence-corrected chi connectivity index (χ2v) is 33.0. The first-order valence-corrected chi connectivity index (χ1v) is 22.0. The molecule has 0 atom stereocenters. The lowest BCUT2D eigenvalue weighted by atomic mass is 10.4. The molecule has 0 aliphatic heterocycles. The average molecular weight is 1580 g/mol. The van der Waals surface area contributed by atoms with Gasteiger partial charge in [-0.15, -0.1) is 6.58 Å². The predicted molar refractivity (Wildman–Crippen MR) is 255 cm³/mol. The largest absolute Gasteiger partial charge is 0.494 e. The van der Waals surface area contributed by atoms with E-state index in [1.165, 1.54) is 16.7 Å². The molecule has 0 spiro atoms. The van der Waals surface area contributed by atoms with Crippen molar-refractivity contribution >= 4 is 222 Å². The van der Waals surface area contributed by atoms with Crippen LogP contribution in [0.15, 0.2) is 34.4 Å². The minimum Gasteiger partial charge on any atom is -0.494 e. The number of ether oxygens (including phenoxy) is 2. The molecular weight excluding hydrogens is 1540 g/mol. The van der Waals surface area contributed by atoms with Gasteiger partial charge < -0.3 is 41.1 Å². The number of carbonyl (C=O) groups excluding carboxylic acids is 2. The Kier molecular flexibility index (Phi) is 57.4. The van der Waals surface area contributed by atoms with Crippen LogP contribution < -0.4 is 22.6 Å². The summed E-state index contributed by atoms with van der Waals surface area (Å²) in [6.07, 6.45) is 1.44. The summed E-state index contributed by atoms with van der Waals surface area (Å²) in [5, 5.41) is 17.3. The maximum atomic E-state index is 10.5. The topological polar surface area (TPSA) is 240 Å². The number of nitrogens with zero attached hydrogens (tertiary/aromatic N) is 1. The second kappa shape index (κ2) is 43.8. The van der Waals surface area contributed by atoms with E-state index in [0.717, 1.165) is 12.0 Å². The van der Waals surface area contributed by atoms with Gasteiger partial charge in [0.25, 0.3) is 11.1 Å².